The fraction of sp³-hybridized carbons (Fsp3) is 0.357. The Morgan fingerprint density at radius 1 is 1.39 bits per heavy atom. The van der Waals surface area contributed by atoms with Gasteiger partial charge in [-0.05, 0) is 30.7 Å². The second kappa shape index (κ2) is 5.08. The van der Waals surface area contributed by atoms with Crippen molar-refractivity contribution in [2.75, 3.05) is 18.9 Å². The molecule has 3 nitrogen and oxygen atoms in total. The first kappa shape index (κ1) is 11.7. The molecule has 0 saturated heterocycles. The molecule has 2 aromatic rings. The number of aromatic nitrogens is 1. The van der Waals surface area contributed by atoms with Gasteiger partial charge in [0, 0.05) is 30.7 Å². The van der Waals surface area contributed by atoms with Crippen LogP contribution in [0.1, 0.15) is 16.8 Å². The molecule has 1 aromatic heterocycles. The summed E-state index contributed by atoms with van der Waals surface area (Å²) in [6.45, 7) is 2.97. The Balaban J connectivity index is 1.65. The van der Waals surface area contributed by atoms with Gasteiger partial charge in [-0.15, -0.1) is 11.3 Å². The van der Waals surface area contributed by atoms with Crippen LogP contribution in [0, 0.1) is 0 Å². The number of anilines is 1. The molecule has 0 radical (unpaired) electrons. The van der Waals surface area contributed by atoms with Crippen molar-refractivity contribution in [2.45, 2.75) is 19.5 Å². The molecule has 94 valence electrons. The number of hydrogen-bond acceptors (Lipinski definition) is 4. The average Bonchev–Trinajstić information content (AvgIpc) is 2.98. The van der Waals surface area contributed by atoms with Crippen molar-refractivity contribution in [1.29, 1.82) is 0 Å². The number of fused-ring (bicyclic) bond motifs is 1. The van der Waals surface area contributed by atoms with Crippen molar-refractivity contribution in [3.05, 3.63) is 45.9 Å². The van der Waals surface area contributed by atoms with Crippen LogP contribution in [0.25, 0.3) is 0 Å². The van der Waals surface area contributed by atoms with Gasteiger partial charge >= 0.3 is 0 Å². The molecular weight excluding hydrogens is 242 g/mol. The molecule has 1 aliphatic heterocycles. The summed E-state index contributed by atoms with van der Waals surface area (Å²) in [6.07, 6.45) is 1.15. The number of benzene rings is 1. The first-order chi connectivity index (χ1) is 8.81. The second-order valence-corrected chi connectivity index (χ2v) is 5.54. The van der Waals surface area contributed by atoms with E-state index in [2.05, 4.69) is 45.8 Å². The zero-order chi connectivity index (χ0) is 12.4. The van der Waals surface area contributed by atoms with E-state index in [0.717, 1.165) is 31.7 Å². The minimum atomic E-state index is 0.916. The maximum Gasteiger partial charge on any atom is 0.0795 e. The molecule has 1 aliphatic rings. The molecule has 2 heterocycles. The second-order valence-electron chi connectivity index (χ2n) is 4.82. The Morgan fingerprint density at radius 2 is 2.33 bits per heavy atom. The van der Waals surface area contributed by atoms with Gasteiger partial charge < -0.3 is 5.32 Å². The minimum Gasteiger partial charge on any atom is -0.384 e. The van der Waals surface area contributed by atoms with Gasteiger partial charge in [0.2, 0.25) is 0 Å². The van der Waals surface area contributed by atoms with E-state index < -0.39 is 0 Å². The van der Waals surface area contributed by atoms with Gasteiger partial charge in [-0.2, -0.15) is 0 Å². The molecule has 3 rings (SSSR count). The molecule has 4 heteroatoms. The highest BCUT2D eigenvalue weighted by molar-refractivity contribution is 7.07. The number of rotatable bonds is 4. The van der Waals surface area contributed by atoms with Crippen LogP contribution in [-0.2, 0) is 19.5 Å². The first-order valence-corrected chi connectivity index (χ1v) is 7.17. The summed E-state index contributed by atoms with van der Waals surface area (Å²) in [4.78, 5) is 6.63. The first-order valence-electron chi connectivity index (χ1n) is 6.22. The van der Waals surface area contributed by atoms with Crippen molar-refractivity contribution in [3.8, 4) is 0 Å². The predicted molar refractivity (Wildman–Crippen MR) is 75.9 cm³/mol. The SMILES string of the molecule is CN(Cc1ccc2c(c1)CCN2)Cc1cscn1. The Labute approximate surface area is 111 Å². The van der Waals surface area contributed by atoms with E-state index in [0.29, 0.717) is 0 Å². The summed E-state index contributed by atoms with van der Waals surface area (Å²) in [5, 5.41) is 5.51. The fourth-order valence-electron chi connectivity index (χ4n) is 2.42. The van der Waals surface area contributed by atoms with Crippen LogP contribution >= 0.6 is 11.3 Å². The van der Waals surface area contributed by atoms with Crippen molar-refractivity contribution in [3.63, 3.8) is 0 Å². The lowest BCUT2D eigenvalue weighted by Crippen LogP contribution is -2.17. The normalized spacial score (nSPS) is 13.7. The van der Waals surface area contributed by atoms with Gasteiger partial charge in [-0.3, -0.25) is 4.90 Å². The quantitative estimate of drug-likeness (QED) is 0.915. The van der Waals surface area contributed by atoms with E-state index in [1.165, 1.54) is 16.8 Å². The van der Waals surface area contributed by atoms with E-state index in [9.17, 15) is 0 Å². The molecule has 0 unspecified atom stereocenters. The lowest BCUT2D eigenvalue weighted by molar-refractivity contribution is 0.316. The van der Waals surface area contributed by atoms with Gasteiger partial charge in [-0.25, -0.2) is 4.98 Å². The molecule has 0 saturated carbocycles. The fourth-order valence-corrected chi connectivity index (χ4v) is 2.97. The molecule has 1 aromatic carbocycles. The molecule has 0 aliphatic carbocycles. The minimum absolute atomic E-state index is 0.916. The van der Waals surface area contributed by atoms with Crippen LogP contribution in [0.15, 0.2) is 29.1 Å². The molecule has 18 heavy (non-hydrogen) atoms. The van der Waals surface area contributed by atoms with Crippen LogP contribution in [0.4, 0.5) is 5.69 Å². The molecular formula is C14H17N3S. The van der Waals surface area contributed by atoms with E-state index in [1.807, 2.05) is 5.51 Å². The Kier molecular flexibility index (Phi) is 3.30. The lowest BCUT2D eigenvalue weighted by Gasteiger charge is -2.16. The van der Waals surface area contributed by atoms with Gasteiger partial charge in [0.1, 0.15) is 0 Å². The Bertz CT molecular complexity index is 522. The molecule has 0 bridgehead atoms. The summed E-state index contributed by atoms with van der Waals surface area (Å²) in [5.74, 6) is 0. The maximum atomic E-state index is 4.32. The molecule has 0 fully saturated rings. The van der Waals surface area contributed by atoms with Crippen molar-refractivity contribution >= 4 is 17.0 Å². The van der Waals surface area contributed by atoms with Gasteiger partial charge in [-0.1, -0.05) is 12.1 Å². The summed E-state index contributed by atoms with van der Waals surface area (Å²) in [5.41, 5.74) is 7.19. The topological polar surface area (TPSA) is 28.2 Å². The third-order valence-electron chi connectivity index (χ3n) is 3.25. The zero-order valence-corrected chi connectivity index (χ0v) is 11.3. The van der Waals surface area contributed by atoms with Crippen molar-refractivity contribution in [2.24, 2.45) is 0 Å². The Morgan fingerprint density at radius 3 is 3.17 bits per heavy atom. The summed E-state index contributed by atoms with van der Waals surface area (Å²) in [6, 6.07) is 6.75. The smallest absolute Gasteiger partial charge is 0.0795 e. The third kappa shape index (κ3) is 2.54. The molecule has 0 amide bonds. The third-order valence-corrected chi connectivity index (χ3v) is 3.88. The van der Waals surface area contributed by atoms with E-state index in [4.69, 9.17) is 0 Å². The molecule has 1 N–H and O–H groups in total. The summed E-state index contributed by atoms with van der Waals surface area (Å²) < 4.78 is 0. The summed E-state index contributed by atoms with van der Waals surface area (Å²) >= 11 is 1.66. The lowest BCUT2D eigenvalue weighted by atomic mass is 10.1. The highest BCUT2D eigenvalue weighted by Gasteiger charge is 2.11. The largest absolute Gasteiger partial charge is 0.384 e. The number of nitrogens with zero attached hydrogens (tertiary/aromatic N) is 2. The van der Waals surface area contributed by atoms with Gasteiger partial charge in [0.15, 0.2) is 0 Å². The van der Waals surface area contributed by atoms with Crippen LogP contribution < -0.4 is 5.32 Å². The van der Waals surface area contributed by atoms with Crippen LogP contribution in [0.2, 0.25) is 0 Å². The molecule has 0 atom stereocenters. The highest BCUT2D eigenvalue weighted by atomic mass is 32.1. The monoisotopic (exact) mass is 259 g/mol. The van der Waals surface area contributed by atoms with E-state index in [-0.39, 0.29) is 0 Å². The standard InChI is InChI=1S/C14H17N3S/c1-17(8-13-9-18-10-16-13)7-11-2-3-14-12(6-11)4-5-15-14/h2-3,6,9-10,15H,4-5,7-8H2,1H3. The van der Waals surface area contributed by atoms with Crippen molar-refractivity contribution < 1.29 is 0 Å². The van der Waals surface area contributed by atoms with Crippen LogP contribution in [0.3, 0.4) is 0 Å². The number of thiazole rings is 1. The number of nitrogens with one attached hydrogen (secondary N) is 1. The van der Waals surface area contributed by atoms with Gasteiger partial charge in [0.05, 0.1) is 11.2 Å². The van der Waals surface area contributed by atoms with Crippen molar-refractivity contribution in [1.82, 2.24) is 9.88 Å². The zero-order valence-electron chi connectivity index (χ0n) is 10.5. The highest BCUT2D eigenvalue weighted by Crippen LogP contribution is 2.23. The molecule has 0 spiro atoms. The van der Waals surface area contributed by atoms with E-state index >= 15 is 0 Å². The van der Waals surface area contributed by atoms with Crippen LogP contribution in [0.5, 0.6) is 0 Å². The van der Waals surface area contributed by atoms with E-state index in [1.54, 1.807) is 11.3 Å². The average molecular weight is 259 g/mol. The number of hydrogen-bond donors (Lipinski definition) is 1. The maximum absolute atomic E-state index is 4.32. The van der Waals surface area contributed by atoms with Crippen LogP contribution in [-0.4, -0.2) is 23.5 Å². The van der Waals surface area contributed by atoms with Gasteiger partial charge in [0.25, 0.3) is 0 Å². The summed E-state index contributed by atoms with van der Waals surface area (Å²) in [7, 11) is 2.14. The Hall–Kier alpha value is -1.39. The predicted octanol–water partition coefficient (Wildman–Crippen LogP) is 2.74.